The average molecular weight is 390 g/mol. The van der Waals surface area contributed by atoms with Crippen LogP contribution in [0.4, 0.5) is 0 Å². The largest absolute Gasteiger partial charge is 0.508 e. The smallest absolute Gasteiger partial charge is 0.229 e. The van der Waals surface area contributed by atoms with Gasteiger partial charge in [-0.15, -0.1) is 0 Å². The Balaban J connectivity index is 1.76. The summed E-state index contributed by atoms with van der Waals surface area (Å²) in [5.41, 5.74) is 1.42. The van der Waals surface area contributed by atoms with Gasteiger partial charge in [0.2, 0.25) is 6.29 Å². The van der Waals surface area contributed by atoms with E-state index in [1.54, 1.807) is 42.5 Å². The van der Waals surface area contributed by atoms with Crippen LogP contribution in [0, 0.1) is 0 Å². The maximum atomic E-state index is 10.1. The third-order valence-electron chi connectivity index (χ3n) is 4.38. The molecule has 0 unspecified atom stereocenters. The van der Waals surface area contributed by atoms with Crippen molar-refractivity contribution in [3.63, 3.8) is 0 Å². The molecule has 1 aliphatic rings. The molecule has 0 amide bonds. The van der Waals surface area contributed by atoms with E-state index in [0.717, 1.165) is 5.56 Å². The molecule has 2 aromatic carbocycles. The Bertz CT molecular complexity index is 817. The third kappa shape index (κ3) is 4.61. The lowest BCUT2D eigenvalue weighted by Gasteiger charge is -2.39. The minimum absolute atomic E-state index is 0.0903. The van der Waals surface area contributed by atoms with Crippen molar-refractivity contribution in [1.82, 2.24) is 0 Å². The summed E-state index contributed by atoms with van der Waals surface area (Å²) in [6, 6.07) is 10.9. The van der Waals surface area contributed by atoms with Gasteiger partial charge in [-0.25, -0.2) is 0 Å². The first-order valence-electron chi connectivity index (χ1n) is 8.65. The first-order valence-corrected chi connectivity index (χ1v) is 8.65. The van der Waals surface area contributed by atoms with Crippen LogP contribution in [0.3, 0.4) is 0 Å². The molecule has 8 heteroatoms. The van der Waals surface area contributed by atoms with Gasteiger partial charge in [0.1, 0.15) is 41.7 Å². The van der Waals surface area contributed by atoms with E-state index in [-0.39, 0.29) is 17.2 Å². The molecule has 28 heavy (non-hydrogen) atoms. The number of hydrogen-bond acceptors (Lipinski definition) is 8. The van der Waals surface area contributed by atoms with Gasteiger partial charge in [-0.3, -0.25) is 0 Å². The molecule has 1 saturated heterocycles. The third-order valence-corrected chi connectivity index (χ3v) is 4.38. The number of benzene rings is 2. The molecule has 3 rings (SSSR count). The van der Waals surface area contributed by atoms with Gasteiger partial charge in [0, 0.05) is 6.07 Å². The minimum Gasteiger partial charge on any atom is -0.508 e. The van der Waals surface area contributed by atoms with Crippen molar-refractivity contribution in [2.45, 2.75) is 30.7 Å². The predicted octanol–water partition coefficient (Wildman–Crippen LogP) is 0.447. The van der Waals surface area contributed by atoms with Crippen LogP contribution in [0.2, 0.25) is 0 Å². The summed E-state index contributed by atoms with van der Waals surface area (Å²) in [6.45, 7) is -0.564. The molecule has 0 saturated carbocycles. The van der Waals surface area contributed by atoms with Crippen LogP contribution >= 0.6 is 0 Å². The van der Waals surface area contributed by atoms with Gasteiger partial charge in [0.05, 0.1) is 6.61 Å². The highest BCUT2D eigenvalue weighted by molar-refractivity contribution is 5.71. The normalized spacial score (nSPS) is 27.8. The number of phenols is 2. The van der Waals surface area contributed by atoms with Crippen LogP contribution in [-0.2, 0) is 4.74 Å². The van der Waals surface area contributed by atoms with Gasteiger partial charge >= 0.3 is 0 Å². The van der Waals surface area contributed by atoms with Crippen LogP contribution in [-0.4, -0.2) is 68.0 Å². The number of phenolic OH excluding ortho intramolecular Hbond substituents is 2. The molecule has 5 atom stereocenters. The fourth-order valence-electron chi connectivity index (χ4n) is 2.85. The molecule has 150 valence electrons. The molecular weight excluding hydrogens is 368 g/mol. The molecule has 0 radical (unpaired) electrons. The predicted molar refractivity (Wildman–Crippen MR) is 99.5 cm³/mol. The Morgan fingerprint density at radius 3 is 2.18 bits per heavy atom. The van der Waals surface area contributed by atoms with Gasteiger partial charge in [-0.1, -0.05) is 24.3 Å². The highest BCUT2D eigenvalue weighted by Crippen LogP contribution is 2.28. The molecule has 8 nitrogen and oxygen atoms in total. The number of rotatable bonds is 5. The first-order chi connectivity index (χ1) is 13.4. The summed E-state index contributed by atoms with van der Waals surface area (Å²) in [5.74, 6) is 0.229. The van der Waals surface area contributed by atoms with Crippen molar-refractivity contribution in [3.05, 3.63) is 53.6 Å². The number of aliphatic hydroxyl groups is 4. The molecule has 6 N–H and O–H groups in total. The lowest BCUT2D eigenvalue weighted by Crippen LogP contribution is -2.60. The summed E-state index contributed by atoms with van der Waals surface area (Å²) in [7, 11) is 0. The summed E-state index contributed by atoms with van der Waals surface area (Å²) < 4.78 is 10.8. The van der Waals surface area contributed by atoms with Gasteiger partial charge < -0.3 is 40.1 Å². The second kappa shape index (κ2) is 8.59. The summed E-state index contributed by atoms with van der Waals surface area (Å²) in [6.07, 6.45) is -3.52. The van der Waals surface area contributed by atoms with Gasteiger partial charge in [0.15, 0.2) is 0 Å². The van der Waals surface area contributed by atoms with E-state index < -0.39 is 37.3 Å². The van der Waals surface area contributed by atoms with E-state index in [0.29, 0.717) is 5.56 Å². The second-order valence-electron chi connectivity index (χ2n) is 6.50. The van der Waals surface area contributed by atoms with Crippen molar-refractivity contribution < 1.29 is 40.1 Å². The standard InChI is InChI=1S/C20H22O8/c21-10-16-17(24)18(25)19(26)20(28-16)27-15-8-12(7-14(23)9-15)2-1-11-3-5-13(22)6-4-11/h1-9,16-26H,10H2/t16-,17+,18+,19-,20-/m1/s1. The maximum Gasteiger partial charge on any atom is 0.229 e. The van der Waals surface area contributed by atoms with E-state index in [1.165, 1.54) is 12.1 Å². The van der Waals surface area contributed by atoms with E-state index in [4.69, 9.17) is 9.47 Å². The van der Waals surface area contributed by atoms with Gasteiger partial charge in [-0.2, -0.15) is 0 Å². The molecular formula is C20H22O8. The Hall–Kier alpha value is -2.62. The van der Waals surface area contributed by atoms with Crippen molar-refractivity contribution in [2.24, 2.45) is 0 Å². The zero-order valence-corrected chi connectivity index (χ0v) is 14.8. The Labute approximate surface area is 161 Å². The number of aromatic hydroxyl groups is 2. The monoisotopic (exact) mass is 390 g/mol. The van der Waals surface area contributed by atoms with Crippen molar-refractivity contribution in [1.29, 1.82) is 0 Å². The number of aliphatic hydroxyl groups excluding tert-OH is 4. The minimum atomic E-state index is -1.55. The second-order valence-corrected chi connectivity index (χ2v) is 6.50. The van der Waals surface area contributed by atoms with E-state index in [2.05, 4.69) is 0 Å². The van der Waals surface area contributed by atoms with Crippen molar-refractivity contribution in [2.75, 3.05) is 6.61 Å². The van der Waals surface area contributed by atoms with Crippen LogP contribution in [0.25, 0.3) is 12.2 Å². The quantitative estimate of drug-likeness (QED) is 0.405. The maximum absolute atomic E-state index is 10.1. The van der Waals surface area contributed by atoms with Gasteiger partial charge in [0.25, 0.3) is 0 Å². The fraction of sp³-hybridized carbons (Fsp3) is 0.300. The first kappa shape index (κ1) is 20.1. The lowest BCUT2D eigenvalue weighted by atomic mass is 9.99. The highest BCUT2D eigenvalue weighted by atomic mass is 16.7. The molecule has 0 spiro atoms. The SMILES string of the molecule is OC[C@H]1O[C@@H](Oc2cc(O)cc(C=Cc3ccc(O)cc3)c2)[C@H](O)[C@@H](O)[C@H]1O. The Morgan fingerprint density at radius 1 is 0.821 bits per heavy atom. The number of ether oxygens (including phenoxy) is 2. The number of hydrogen-bond donors (Lipinski definition) is 6. The molecule has 0 aliphatic carbocycles. The van der Waals surface area contributed by atoms with Gasteiger partial charge in [-0.05, 0) is 35.4 Å². The van der Waals surface area contributed by atoms with Crippen LogP contribution in [0.5, 0.6) is 17.2 Å². The zero-order chi connectivity index (χ0) is 20.3. The van der Waals surface area contributed by atoms with Crippen LogP contribution in [0.1, 0.15) is 11.1 Å². The highest BCUT2D eigenvalue weighted by Gasteiger charge is 2.44. The molecule has 2 aromatic rings. The molecule has 1 fully saturated rings. The van der Waals surface area contributed by atoms with Crippen LogP contribution < -0.4 is 4.74 Å². The summed E-state index contributed by atoms with van der Waals surface area (Å²) in [5, 5.41) is 58.2. The molecule has 0 aromatic heterocycles. The Kier molecular flexibility index (Phi) is 6.18. The van der Waals surface area contributed by atoms with Crippen molar-refractivity contribution in [3.8, 4) is 17.2 Å². The van der Waals surface area contributed by atoms with Crippen LogP contribution in [0.15, 0.2) is 42.5 Å². The average Bonchev–Trinajstić information content (AvgIpc) is 2.67. The van der Waals surface area contributed by atoms with E-state index in [9.17, 15) is 30.6 Å². The van der Waals surface area contributed by atoms with E-state index in [1.807, 2.05) is 0 Å². The molecule has 1 aliphatic heterocycles. The topological polar surface area (TPSA) is 140 Å². The van der Waals surface area contributed by atoms with Crippen molar-refractivity contribution >= 4 is 12.2 Å². The Morgan fingerprint density at radius 2 is 1.50 bits per heavy atom. The lowest BCUT2D eigenvalue weighted by molar-refractivity contribution is -0.277. The molecule has 0 bridgehead atoms. The summed E-state index contributed by atoms with van der Waals surface area (Å²) in [4.78, 5) is 0. The zero-order valence-electron chi connectivity index (χ0n) is 14.8. The molecule has 1 heterocycles. The fourth-order valence-corrected chi connectivity index (χ4v) is 2.85. The summed E-state index contributed by atoms with van der Waals surface area (Å²) >= 11 is 0. The van der Waals surface area contributed by atoms with E-state index >= 15 is 0 Å².